The predicted octanol–water partition coefficient (Wildman–Crippen LogP) is 1.52. The number of hydrogen-bond donors (Lipinski definition) is 0. The van der Waals surface area contributed by atoms with Gasteiger partial charge in [0.05, 0.1) is 18.8 Å². The van der Waals surface area contributed by atoms with Crippen molar-refractivity contribution in [1.82, 2.24) is 0 Å². The molecule has 1 unspecified atom stereocenters. The molecule has 4 heteroatoms. The van der Waals surface area contributed by atoms with Crippen molar-refractivity contribution in [1.29, 1.82) is 0 Å². The molecule has 1 heterocycles. The minimum absolute atomic E-state index is 0.303. The number of aryl methyl sites for hydroxylation is 1. The van der Waals surface area contributed by atoms with Gasteiger partial charge in [-0.25, -0.2) is 4.79 Å². The van der Waals surface area contributed by atoms with Crippen molar-refractivity contribution < 1.29 is 19.0 Å². The molecule has 0 bridgehead atoms. The quantitative estimate of drug-likeness (QED) is 0.712. The fourth-order valence-electron chi connectivity index (χ4n) is 1.49. The molecule has 1 atom stereocenters. The zero-order valence-electron chi connectivity index (χ0n) is 9.14. The molecule has 1 aliphatic heterocycles. The molecule has 4 nitrogen and oxygen atoms in total. The molecule has 1 saturated heterocycles. The van der Waals surface area contributed by atoms with Gasteiger partial charge in [0.1, 0.15) is 6.61 Å². The zero-order valence-corrected chi connectivity index (χ0v) is 9.14. The first-order valence-electron chi connectivity index (χ1n) is 5.23. The average molecular weight is 222 g/mol. The second-order valence-electron chi connectivity index (χ2n) is 3.65. The second kappa shape index (κ2) is 5.09. The van der Waals surface area contributed by atoms with Crippen molar-refractivity contribution in [2.75, 3.05) is 19.8 Å². The van der Waals surface area contributed by atoms with E-state index in [1.807, 2.05) is 19.1 Å². The Hall–Kier alpha value is -1.39. The van der Waals surface area contributed by atoms with Crippen LogP contribution in [0.5, 0.6) is 0 Å². The smallest absolute Gasteiger partial charge is 0.340 e. The number of esters is 1. The summed E-state index contributed by atoms with van der Waals surface area (Å²) in [4.78, 5) is 11.7. The lowest BCUT2D eigenvalue weighted by molar-refractivity contribution is -0.186. The molecule has 2 rings (SSSR count). The van der Waals surface area contributed by atoms with Gasteiger partial charge in [0.2, 0.25) is 6.29 Å². The van der Waals surface area contributed by atoms with E-state index in [-0.39, 0.29) is 5.97 Å². The van der Waals surface area contributed by atoms with E-state index >= 15 is 0 Å². The van der Waals surface area contributed by atoms with E-state index in [9.17, 15) is 4.79 Å². The molecular formula is C12H14O4. The molecule has 0 radical (unpaired) electrons. The lowest BCUT2D eigenvalue weighted by Gasteiger charge is -2.22. The SMILES string of the molecule is Cc1cccc(C(=O)OC2COCCO2)c1. The van der Waals surface area contributed by atoms with E-state index in [1.165, 1.54) is 0 Å². The van der Waals surface area contributed by atoms with Crippen molar-refractivity contribution in [3.8, 4) is 0 Å². The molecule has 0 aliphatic carbocycles. The van der Waals surface area contributed by atoms with Crippen molar-refractivity contribution in [3.05, 3.63) is 35.4 Å². The first-order chi connectivity index (χ1) is 7.75. The maximum absolute atomic E-state index is 11.7. The molecule has 1 aromatic carbocycles. The number of benzene rings is 1. The topological polar surface area (TPSA) is 44.8 Å². The molecule has 0 amide bonds. The fourth-order valence-corrected chi connectivity index (χ4v) is 1.49. The summed E-state index contributed by atoms with van der Waals surface area (Å²) >= 11 is 0. The van der Waals surface area contributed by atoms with Crippen LogP contribution in [0.2, 0.25) is 0 Å². The Morgan fingerprint density at radius 3 is 3.00 bits per heavy atom. The van der Waals surface area contributed by atoms with Gasteiger partial charge >= 0.3 is 5.97 Å². The third kappa shape index (κ3) is 2.81. The van der Waals surface area contributed by atoms with Gasteiger partial charge < -0.3 is 14.2 Å². The summed E-state index contributed by atoms with van der Waals surface area (Å²) < 4.78 is 15.5. The van der Waals surface area contributed by atoms with Crippen LogP contribution in [0, 0.1) is 6.92 Å². The highest BCUT2D eigenvalue weighted by Crippen LogP contribution is 2.09. The number of rotatable bonds is 2. The van der Waals surface area contributed by atoms with E-state index in [4.69, 9.17) is 14.2 Å². The summed E-state index contributed by atoms with van der Waals surface area (Å²) in [5, 5.41) is 0. The van der Waals surface area contributed by atoms with E-state index in [2.05, 4.69) is 0 Å². The normalized spacial score (nSPS) is 20.4. The van der Waals surface area contributed by atoms with Crippen LogP contribution in [-0.2, 0) is 14.2 Å². The molecule has 86 valence electrons. The maximum atomic E-state index is 11.7. The van der Waals surface area contributed by atoms with Gasteiger partial charge in [-0.3, -0.25) is 0 Å². The minimum Gasteiger partial charge on any atom is -0.430 e. The molecule has 0 spiro atoms. The Bertz CT molecular complexity index is 369. The second-order valence-corrected chi connectivity index (χ2v) is 3.65. The summed E-state index contributed by atoms with van der Waals surface area (Å²) in [5.41, 5.74) is 1.56. The highest BCUT2D eigenvalue weighted by Gasteiger charge is 2.19. The Morgan fingerprint density at radius 1 is 1.44 bits per heavy atom. The maximum Gasteiger partial charge on any atom is 0.340 e. The van der Waals surface area contributed by atoms with E-state index < -0.39 is 6.29 Å². The highest BCUT2D eigenvalue weighted by atomic mass is 16.7. The van der Waals surface area contributed by atoms with Crippen molar-refractivity contribution in [2.45, 2.75) is 13.2 Å². The van der Waals surface area contributed by atoms with Crippen LogP contribution in [0.15, 0.2) is 24.3 Å². The third-order valence-corrected chi connectivity index (χ3v) is 2.28. The van der Waals surface area contributed by atoms with E-state index in [0.717, 1.165) is 5.56 Å². The molecule has 1 aromatic rings. The number of carbonyl (C=O) groups is 1. The van der Waals surface area contributed by atoms with Gasteiger partial charge in [0, 0.05) is 0 Å². The first-order valence-corrected chi connectivity index (χ1v) is 5.23. The van der Waals surface area contributed by atoms with Crippen LogP contribution < -0.4 is 0 Å². The van der Waals surface area contributed by atoms with Crippen LogP contribution in [0.4, 0.5) is 0 Å². The summed E-state index contributed by atoms with van der Waals surface area (Å²) in [5.74, 6) is -0.376. The molecule has 0 aromatic heterocycles. The fraction of sp³-hybridized carbons (Fsp3) is 0.417. The van der Waals surface area contributed by atoms with Crippen LogP contribution in [-0.4, -0.2) is 32.1 Å². The number of carbonyl (C=O) groups excluding carboxylic acids is 1. The lowest BCUT2D eigenvalue weighted by Crippen LogP contribution is -2.32. The molecular weight excluding hydrogens is 208 g/mol. The van der Waals surface area contributed by atoms with Crippen molar-refractivity contribution in [2.24, 2.45) is 0 Å². The number of hydrogen-bond acceptors (Lipinski definition) is 4. The number of ether oxygens (including phenoxy) is 3. The van der Waals surface area contributed by atoms with Gasteiger partial charge in [0.25, 0.3) is 0 Å². The van der Waals surface area contributed by atoms with Gasteiger partial charge in [-0.1, -0.05) is 17.7 Å². The van der Waals surface area contributed by atoms with E-state index in [1.54, 1.807) is 12.1 Å². The monoisotopic (exact) mass is 222 g/mol. The Kier molecular flexibility index (Phi) is 3.54. The summed E-state index contributed by atoms with van der Waals surface area (Å²) in [6.07, 6.45) is -0.582. The molecule has 0 N–H and O–H groups in total. The zero-order chi connectivity index (χ0) is 11.4. The van der Waals surface area contributed by atoms with Crippen LogP contribution in [0.1, 0.15) is 15.9 Å². The first kappa shape index (κ1) is 11.1. The minimum atomic E-state index is -0.582. The van der Waals surface area contributed by atoms with Crippen LogP contribution in [0.25, 0.3) is 0 Å². The van der Waals surface area contributed by atoms with Gasteiger partial charge in [-0.05, 0) is 19.1 Å². The highest BCUT2D eigenvalue weighted by molar-refractivity contribution is 5.89. The van der Waals surface area contributed by atoms with E-state index in [0.29, 0.717) is 25.4 Å². The molecule has 1 aliphatic rings. The van der Waals surface area contributed by atoms with Crippen molar-refractivity contribution >= 4 is 5.97 Å². The Labute approximate surface area is 94.1 Å². The predicted molar refractivity (Wildman–Crippen MR) is 57.2 cm³/mol. The van der Waals surface area contributed by atoms with Gasteiger partial charge in [-0.15, -0.1) is 0 Å². The van der Waals surface area contributed by atoms with Gasteiger partial charge in [0.15, 0.2) is 0 Å². The van der Waals surface area contributed by atoms with Crippen molar-refractivity contribution in [3.63, 3.8) is 0 Å². The molecule has 0 saturated carbocycles. The third-order valence-electron chi connectivity index (χ3n) is 2.28. The molecule has 1 fully saturated rings. The standard InChI is InChI=1S/C12H14O4/c1-9-3-2-4-10(7-9)12(13)16-11-8-14-5-6-15-11/h2-4,7,11H,5-6,8H2,1H3. The largest absolute Gasteiger partial charge is 0.430 e. The summed E-state index contributed by atoms with van der Waals surface area (Å²) in [6, 6.07) is 7.26. The summed E-state index contributed by atoms with van der Waals surface area (Å²) in [7, 11) is 0. The lowest BCUT2D eigenvalue weighted by atomic mass is 10.1. The molecule has 16 heavy (non-hydrogen) atoms. The summed E-state index contributed by atoms with van der Waals surface area (Å²) in [6.45, 7) is 3.25. The van der Waals surface area contributed by atoms with Crippen LogP contribution in [0.3, 0.4) is 0 Å². The average Bonchev–Trinajstić information content (AvgIpc) is 2.30. The van der Waals surface area contributed by atoms with Crippen LogP contribution >= 0.6 is 0 Å². The van der Waals surface area contributed by atoms with Gasteiger partial charge in [-0.2, -0.15) is 0 Å². The Balaban J connectivity index is 1.97. The Morgan fingerprint density at radius 2 is 2.31 bits per heavy atom.